The lowest BCUT2D eigenvalue weighted by Crippen LogP contribution is -2.46. The fourth-order valence-corrected chi connectivity index (χ4v) is 4.45. The van der Waals surface area contributed by atoms with Gasteiger partial charge in [-0.1, -0.05) is 27.7 Å². The molecule has 7 heteroatoms. The number of ketones is 1. The van der Waals surface area contributed by atoms with Gasteiger partial charge in [0.25, 0.3) is 0 Å². The van der Waals surface area contributed by atoms with E-state index in [1.165, 1.54) is 0 Å². The lowest BCUT2D eigenvalue weighted by molar-refractivity contribution is -0.122. The van der Waals surface area contributed by atoms with E-state index in [0.29, 0.717) is 31.5 Å². The van der Waals surface area contributed by atoms with Gasteiger partial charge in [-0.2, -0.15) is 0 Å². The Bertz CT molecular complexity index is 746. The largest absolute Gasteiger partial charge is 0.371 e. The molecule has 1 amide bonds. The van der Waals surface area contributed by atoms with Crippen molar-refractivity contribution in [3.8, 4) is 0 Å². The quantitative estimate of drug-likeness (QED) is 0.767. The third-order valence-corrected chi connectivity index (χ3v) is 6.52. The zero-order chi connectivity index (χ0) is 19.5. The van der Waals surface area contributed by atoms with Crippen LogP contribution in [0.15, 0.2) is 24.3 Å². The molecular weight excluding hydrogens is 352 g/mol. The Hall–Kier alpha value is -1.89. The number of nitrogens with one attached hydrogen (secondary N) is 1. The molecule has 1 aromatic carbocycles. The molecule has 0 aliphatic carbocycles. The van der Waals surface area contributed by atoms with Crippen molar-refractivity contribution in [2.75, 3.05) is 18.0 Å². The summed E-state index contributed by atoms with van der Waals surface area (Å²) in [6, 6.07) is 7.46. The minimum atomic E-state index is -3.63. The summed E-state index contributed by atoms with van der Waals surface area (Å²) in [5.74, 6) is -0.750. The predicted molar refractivity (Wildman–Crippen MR) is 103 cm³/mol. The first-order valence-electron chi connectivity index (χ1n) is 9.06. The summed E-state index contributed by atoms with van der Waals surface area (Å²) in [5, 5.41) is -0.553. The van der Waals surface area contributed by atoms with Crippen LogP contribution in [-0.4, -0.2) is 38.4 Å². The fourth-order valence-electron chi connectivity index (χ4n) is 2.94. The number of Topliss-reactive ketones (excluding diaryl/α,β-unsaturated/α-hetero) is 1. The van der Waals surface area contributed by atoms with Gasteiger partial charge in [-0.3, -0.25) is 14.3 Å². The molecule has 0 aromatic heterocycles. The first kappa shape index (κ1) is 20.4. The number of hydrogen-bond acceptors (Lipinski definition) is 5. The highest BCUT2D eigenvalue weighted by Gasteiger charge is 2.31. The highest BCUT2D eigenvalue weighted by atomic mass is 32.2. The predicted octanol–water partition coefficient (Wildman–Crippen LogP) is 2.60. The van der Waals surface area contributed by atoms with Crippen LogP contribution in [0.2, 0.25) is 0 Å². The van der Waals surface area contributed by atoms with Gasteiger partial charge in [-0.05, 0) is 37.1 Å². The second-order valence-corrected chi connectivity index (χ2v) is 9.38. The zero-order valence-electron chi connectivity index (χ0n) is 15.9. The van der Waals surface area contributed by atoms with Crippen molar-refractivity contribution >= 4 is 27.4 Å². The van der Waals surface area contributed by atoms with Gasteiger partial charge in [0.15, 0.2) is 5.78 Å². The Kier molecular flexibility index (Phi) is 6.44. The molecule has 26 heavy (non-hydrogen) atoms. The zero-order valence-corrected chi connectivity index (χ0v) is 16.7. The molecule has 1 saturated heterocycles. The van der Waals surface area contributed by atoms with E-state index in [2.05, 4.69) is 9.62 Å². The highest BCUT2D eigenvalue weighted by molar-refractivity contribution is 7.90. The lowest BCUT2D eigenvalue weighted by Gasteiger charge is -2.33. The van der Waals surface area contributed by atoms with Crippen LogP contribution in [0, 0.1) is 11.8 Å². The topological polar surface area (TPSA) is 83.6 Å². The van der Waals surface area contributed by atoms with Crippen LogP contribution >= 0.6 is 0 Å². The van der Waals surface area contributed by atoms with Crippen molar-refractivity contribution in [2.45, 2.75) is 45.8 Å². The van der Waals surface area contributed by atoms with Crippen LogP contribution in [-0.2, 0) is 14.8 Å². The van der Waals surface area contributed by atoms with E-state index in [-0.39, 0.29) is 17.6 Å². The SMILES string of the molecule is CC(C)C(=O)NS(=O)(=O)C1CCN(c2ccc(C(=O)C(C)C)cc2)CC1. The van der Waals surface area contributed by atoms with Crippen molar-refractivity contribution in [3.05, 3.63) is 29.8 Å². The molecule has 2 rings (SSSR count). The van der Waals surface area contributed by atoms with Crippen LogP contribution in [0.5, 0.6) is 0 Å². The Balaban J connectivity index is 1.98. The average molecular weight is 381 g/mol. The van der Waals surface area contributed by atoms with Crippen molar-refractivity contribution in [1.29, 1.82) is 0 Å². The third-order valence-electron chi connectivity index (χ3n) is 4.69. The number of benzene rings is 1. The van der Waals surface area contributed by atoms with Crippen molar-refractivity contribution in [3.63, 3.8) is 0 Å². The second kappa shape index (κ2) is 8.20. The molecule has 6 nitrogen and oxygen atoms in total. The maximum Gasteiger partial charge on any atom is 0.237 e. The highest BCUT2D eigenvalue weighted by Crippen LogP contribution is 2.24. The number of amides is 1. The summed E-state index contributed by atoms with van der Waals surface area (Å²) in [6.07, 6.45) is 0.931. The van der Waals surface area contributed by atoms with E-state index >= 15 is 0 Å². The van der Waals surface area contributed by atoms with Gasteiger partial charge < -0.3 is 4.90 Å². The van der Waals surface area contributed by atoms with Gasteiger partial charge in [-0.15, -0.1) is 0 Å². The smallest absolute Gasteiger partial charge is 0.237 e. The molecule has 144 valence electrons. The Morgan fingerprint density at radius 1 is 1.00 bits per heavy atom. The number of carbonyl (C=O) groups excluding carboxylic acids is 2. The average Bonchev–Trinajstić information content (AvgIpc) is 2.60. The number of hydrogen-bond donors (Lipinski definition) is 1. The molecule has 0 saturated carbocycles. The van der Waals surface area contributed by atoms with Crippen LogP contribution in [0.25, 0.3) is 0 Å². The Morgan fingerprint density at radius 3 is 2.00 bits per heavy atom. The van der Waals surface area contributed by atoms with Gasteiger partial charge >= 0.3 is 0 Å². The number of sulfonamides is 1. The summed E-state index contributed by atoms with van der Waals surface area (Å²) in [5.41, 5.74) is 1.67. The van der Waals surface area contributed by atoms with Gasteiger partial charge in [-0.25, -0.2) is 8.42 Å². The molecule has 1 heterocycles. The number of anilines is 1. The van der Waals surface area contributed by atoms with E-state index in [1.54, 1.807) is 13.8 Å². The molecular formula is C19H28N2O4S. The first-order chi connectivity index (χ1) is 12.1. The molecule has 1 aliphatic rings. The summed E-state index contributed by atoms with van der Waals surface area (Å²) in [4.78, 5) is 25.8. The minimum Gasteiger partial charge on any atom is -0.371 e. The minimum absolute atomic E-state index is 0.0390. The van der Waals surface area contributed by atoms with Crippen LogP contribution < -0.4 is 9.62 Å². The number of rotatable bonds is 6. The van der Waals surface area contributed by atoms with Crippen molar-refractivity contribution in [2.24, 2.45) is 11.8 Å². The molecule has 0 unspecified atom stereocenters. The van der Waals surface area contributed by atoms with Crippen LogP contribution in [0.3, 0.4) is 0 Å². The summed E-state index contributed by atoms with van der Waals surface area (Å²) in [7, 11) is -3.63. The maximum absolute atomic E-state index is 12.3. The molecule has 0 spiro atoms. The molecule has 1 aromatic rings. The van der Waals surface area contributed by atoms with Gasteiger partial charge in [0.1, 0.15) is 0 Å². The fraction of sp³-hybridized carbons (Fsp3) is 0.579. The normalized spacial score (nSPS) is 16.2. The molecule has 1 N–H and O–H groups in total. The second-order valence-electron chi connectivity index (χ2n) is 7.42. The Labute approximate surface area is 156 Å². The van der Waals surface area contributed by atoms with Crippen molar-refractivity contribution in [1.82, 2.24) is 4.72 Å². The third kappa shape index (κ3) is 4.84. The monoisotopic (exact) mass is 380 g/mol. The molecule has 0 atom stereocenters. The summed E-state index contributed by atoms with van der Waals surface area (Å²) in [6.45, 7) is 8.28. The van der Waals surface area contributed by atoms with Gasteiger partial charge in [0.05, 0.1) is 5.25 Å². The van der Waals surface area contributed by atoms with E-state index in [1.807, 2.05) is 38.1 Å². The number of nitrogens with zero attached hydrogens (tertiary/aromatic N) is 1. The number of carbonyl (C=O) groups is 2. The Morgan fingerprint density at radius 2 is 1.54 bits per heavy atom. The van der Waals surface area contributed by atoms with E-state index < -0.39 is 21.2 Å². The summed E-state index contributed by atoms with van der Waals surface area (Å²) >= 11 is 0. The first-order valence-corrected chi connectivity index (χ1v) is 10.6. The van der Waals surface area contributed by atoms with E-state index in [0.717, 1.165) is 5.69 Å². The van der Waals surface area contributed by atoms with Crippen molar-refractivity contribution < 1.29 is 18.0 Å². The molecule has 0 bridgehead atoms. The van der Waals surface area contributed by atoms with Gasteiger partial charge in [0, 0.05) is 36.2 Å². The molecule has 1 fully saturated rings. The standard InChI is InChI=1S/C19H28N2O4S/c1-13(2)18(22)15-5-7-16(8-6-15)21-11-9-17(10-12-21)26(24,25)20-19(23)14(3)4/h5-8,13-14,17H,9-12H2,1-4H3,(H,20,23). The lowest BCUT2D eigenvalue weighted by atomic mass is 10.0. The van der Waals surface area contributed by atoms with Crippen LogP contribution in [0.4, 0.5) is 5.69 Å². The summed E-state index contributed by atoms with van der Waals surface area (Å²) < 4.78 is 26.9. The number of piperidine rings is 1. The maximum atomic E-state index is 12.3. The molecule has 1 aliphatic heterocycles. The van der Waals surface area contributed by atoms with E-state index in [9.17, 15) is 18.0 Å². The molecule has 0 radical (unpaired) electrons. The van der Waals surface area contributed by atoms with E-state index in [4.69, 9.17) is 0 Å². The van der Waals surface area contributed by atoms with Gasteiger partial charge in [0.2, 0.25) is 15.9 Å². The van der Waals surface area contributed by atoms with Crippen LogP contribution in [0.1, 0.15) is 50.9 Å².